The van der Waals surface area contributed by atoms with Gasteiger partial charge in [0.2, 0.25) is 0 Å². The minimum Gasteiger partial charge on any atom is -0.356 e. The SMILES string of the molecule is CN=C(NCCc1ccc(S(C)(=O)=O)cc1)NC1CC1c1ccccc1C.I. The molecule has 2 aromatic rings. The lowest BCUT2D eigenvalue weighted by atomic mass is 10.0. The Hall–Kier alpha value is -1.61. The summed E-state index contributed by atoms with van der Waals surface area (Å²) in [6.07, 6.45) is 3.15. The fraction of sp³-hybridized carbons (Fsp3) is 0.381. The summed E-state index contributed by atoms with van der Waals surface area (Å²) in [5, 5.41) is 6.83. The van der Waals surface area contributed by atoms with Crippen LogP contribution >= 0.6 is 24.0 Å². The van der Waals surface area contributed by atoms with Crippen molar-refractivity contribution in [3.63, 3.8) is 0 Å². The zero-order valence-corrected chi connectivity index (χ0v) is 19.6. The molecule has 1 aliphatic carbocycles. The fourth-order valence-electron chi connectivity index (χ4n) is 3.30. The maximum Gasteiger partial charge on any atom is 0.191 e. The maximum atomic E-state index is 11.5. The molecule has 0 aliphatic heterocycles. The molecule has 1 saturated carbocycles. The molecular weight excluding hydrogens is 485 g/mol. The number of aliphatic imine (C=N–C) groups is 1. The van der Waals surface area contributed by atoms with Crippen molar-refractivity contribution < 1.29 is 8.42 Å². The number of benzene rings is 2. The Morgan fingerprint density at radius 1 is 1.14 bits per heavy atom. The molecule has 2 N–H and O–H groups in total. The first kappa shape index (κ1) is 22.7. The van der Waals surface area contributed by atoms with Gasteiger partial charge < -0.3 is 10.6 Å². The zero-order valence-electron chi connectivity index (χ0n) is 16.5. The Bertz CT molecular complexity index is 927. The molecule has 28 heavy (non-hydrogen) atoms. The highest BCUT2D eigenvalue weighted by Crippen LogP contribution is 2.41. The van der Waals surface area contributed by atoms with Crippen molar-refractivity contribution in [3.05, 3.63) is 65.2 Å². The smallest absolute Gasteiger partial charge is 0.191 e. The largest absolute Gasteiger partial charge is 0.356 e. The molecular formula is C21H28IN3O2S. The summed E-state index contributed by atoms with van der Waals surface area (Å²) in [5.41, 5.74) is 3.85. The third kappa shape index (κ3) is 5.94. The van der Waals surface area contributed by atoms with Gasteiger partial charge in [-0.25, -0.2) is 8.42 Å². The van der Waals surface area contributed by atoms with E-state index in [1.807, 2.05) is 12.1 Å². The molecule has 0 amide bonds. The van der Waals surface area contributed by atoms with Crippen LogP contribution in [0.15, 0.2) is 58.4 Å². The van der Waals surface area contributed by atoms with Gasteiger partial charge >= 0.3 is 0 Å². The zero-order chi connectivity index (χ0) is 19.4. The minimum atomic E-state index is -3.14. The topological polar surface area (TPSA) is 70.6 Å². The normalized spacial score (nSPS) is 18.9. The number of halogens is 1. The van der Waals surface area contributed by atoms with Gasteiger partial charge in [-0.1, -0.05) is 36.4 Å². The average molecular weight is 513 g/mol. The molecule has 0 radical (unpaired) electrons. The Morgan fingerprint density at radius 2 is 1.82 bits per heavy atom. The molecule has 0 bridgehead atoms. The van der Waals surface area contributed by atoms with Crippen LogP contribution < -0.4 is 10.6 Å². The van der Waals surface area contributed by atoms with E-state index in [0.29, 0.717) is 16.9 Å². The lowest BCUT2D eigenvalue weighted by Crippen LogP contribution is -2.39. The molecule has 2 atom stereocenters. The standard InChI is InChI=1S/C21H27N3O2S.HI/c1-15-6-4-5-7-18(15)19-14-20(19)24-21(22-2)23-13-12-16-8-10-17(11-9-16)27(3,25)26;/h4-11,19-20H,12-14H2,1-3H3,(H2,22,23,24);1H. The number of sulfone groups is 1. The summed E-state index contributed by atoms with van der Waals surface area (Å²) in [7, 11) is -1.36. The minimum absolute atomic E-state index is 0. The number of nitrogens with zero attached hydrogens (tertiary/aromatic N) is 1. The van der Waals surface area contributed by atoms with Crippen LogP contribution in [0.25, 0.3) is 0 Å². The third-order valence-electron chi connectivity index (χ3n) is 4.98. The van der Waals surface area contributed by atoms with Crippen molar-refractivity contribution in [1.29, 1.82) is 0 Å². The van der Waals surface area contributed by atoms with Crippen molar-refractivity contribution in [2.24, 2.45) is 4.99 Å². The molecule has 3 rings (SSSR count). The van der Waals surface area contributed by atoms with Gasteiger partial charge in [-0.15, -0.1) is 24.0 Å². The van der Waals surface area contributed by atoms with Crippen LogP contribution in [0.1, 0.15) is 29.0 Å². The highest BCUT2D eigenvalue weighted by atomic mass is 127. The van der Waals surface area contributed by atoms with Gasteiger partial charge in [0.15, 0.2) is 15.8 Å². The molecule has 1 aliphatic rings. The lowest BCUT2D eigenvalue weighted by molar-refractivity contribution is 0.602. The van der Waals surface area contributed by atoms with E-state index in [-0.39, 0.29) is 24.0 Å². The Balaban J connectivity index is 0.00000280. The molecule has 1 fully saturated rings. The van der Waals surface area contributed by atoms with E-state index >= 15 is 0 Å². The number of hydrogen-bond acceptors (Lipinski definition) is 3. The quantitative estimate of drug-likeness (QED) is 0.354. The second kappa shape index (κ2) is 9.73. The van der Waals surface area contributed by atoms with Crippen LogP contribution in [0.3, 0.4) is 0 Å². The summed E-state index contributed by atoms with van der Waals surface area (Å²) in [5.74, 6) is 1.36. The summed E-state index contributed by atoms with van der Waals surface area (Å²) in [4.78, 5) is 4.67. The van der Waals surface area contributed by atoms with E-state index in [1.54, 1.807) is 19.2 Å². The van der Waals surface area contributed by atoms with Crippen LogP contribution in [-0.2, 0) is 16.3 Å². The Labute approximate surface area is 185 Å². The van der Waals surface area contributed by atoms with E-state index in [0.717, 1.165) is 30.9 Å². The predicted octanol–water partition coefficient (Wildman–Crippen LogP) is 3.28. The molecule has 0 spiro atoms. The predicted molar refractivity (Wildman–Crippen MR) is 125 cm³/mol. The van der Waals surface area contributed by atoms with Gasteiger partial charge in [0.1, 0.15) is 0 Å². The molecule has 0 aromatic heterocycles. The molecule has 5 nitrogen and oxygen atoms in total. The van der Waals surface area contributed by atoms with Crippen LogP contribution in [-0.4, -0.2) is 40.3 Å². The third-order valence-corrected chi connectivity index (χ3v) is 6.11. The van der Waals surface area contributed by atoms with E-state index in [9.17, 15) is 8.42 Å². The molecule has 2 aromatic carbocycles. The summed E-state index contributed by atoms with van der Waals surface area (Å²) >= 11 is 0. The number of guanidine groups is 1. The molecule has 2 unspecified atom stereocenters. The van der Waals surface area contributed by atoms with Crippen LogP contribution in [0.2, 0.25) is 0 Å². The summed E-state index contributed by atoms with van der Waals surface area (Å²) < 4.78 is 23.0. The first-order valence-corrected chi connectivity index (χ1v) is 11.1. The van der Waals surface area contributed by atoms with Crippen LogP contribution in [0, 0.1) is 6.92 Å². The summed E-state index contributed by atoms with van der Waals surface area (Å²) in [6.45, 7) is 2.90. The second-order valence-electron chi connectivity index (χ2n) is 7.11. The van der Waals surface area contributed by atoms with Crippen LogP contribution in [0.4, 0.5) is 0 Å². The van der Waals surface area contributed by atoms with Crippen molar-refractivity contribution >= 4 is 39.8 Å². The summed E-state index contributed by atoms with van der Waals surface area (Å²) in [6, 6.07) is 16.0. The Morgan fingerprint density at radius 3 is 2.43 bits per heavy atom. The van der Waals surface area contributed by atoms with Gasteiger partial charge in [0.25, 0.3) is 0 Å². The van der Waals surface area contributed by atoms with Crippen molar-refractivity contribution in [3.8, 4) is 0 Å². The van der Waals surface area contributed by atoms with Crippen molar-refractivity contribution in [2.75, 3.05) is 19.8 Å². The fourth-order valence-corrected chi connectivity index (χ4v) is 3.93. The van der Waals surface area contributed by atoms with Gasteiger partial charge in [-0.05, 0) is 48.6 Å². The molecule has 152 valence electrons. The lowest BCUT2D eigenvalue weighted by Gasteiger charge is -2.12. The van der Waals surface area contributed by atoms with E-state index < -0.39 is 9.84 Å². The van der Waals surface area contributed by atoms with E-state index in [4.69, 9.17) is 0 Å². The Kier molecular flexibility index (Phi) is 7.88. The van der Waals surface area contributed by atoms with Crippen molar-refractivity contribution in [1.82, 2.24) is 10.6 Å². The van der Waals surface area contributed by atoms with Gasteiger partial charge in [-0.2, -0.15) is 0 Å². The average Bonchev–Trinajstić information content (AvgIpc) is 3.40. The molecule has 7 heteroatoms. The number of hydrogen-bond donors (Lipinski definition) is 2. The van der Waals surface area contributed by atoms with Crippen LogP contribution in [0.5, 0.6) is 0 Å². The van der Waals surface area contributed by atoms with E-state index in [2.05, 4.69) is 46.8 Å². The van der Waals surface area contributed by atoms with Gasteiger partial charge in [-0.3, -0.25) is 4.99 Å². The first-order chi connectivity index (χ1) is 12.9. The first-order valence-electron chi connectivity index (χ1n) is 9.20. The number of aryl methyl sites for hydroxylation is 1. The molecule has 0 saturated heterocycles. The monoisotopic (exact) mass is 513 g/mol. The molecule has 0 heterocycles. The van der Waals surface area contributed by atoms with Crippen molar-refractivity contribution in [2.45, 2.75) is 36.6 Å². The number of rotatable bonds is 6. The maximum absolute atomic E-state index is 11.5. The van der Waals surface area contributed by atoms with Gasteiger partial charge in [0, 0.05) is 31.8 Å². The second-order valence-corrected chi connectivity index (χ2v) is 9.13. The van der Waals surface area contributed by atoms with Gasteiger partial charge in [0.05, 0.1) is 4.90 Å². The number of nitrogens with one attached hydrogen (secondary N) is 2. The highest BCUT2D eigenvalue weighted by Gasteiger charge is 2.39. The van der Waals surface area contributed by atoms with E-state index in [1.165, 1.54) is 17.4 Å². The highest BCUT2D eigenvalue weighted by molar-refractivity contribution is 14.0.